The van der Waals surface area contributed by atoms with Crippen LogP contribution in [0.3, 0.4) is 0 Å². The number of halogens is 5. The van der Waals surface area contributed by atoms with Gasteiger partial charge in [-0.3, -0.25) is 5.32 Å². The van der Waals surface area contributed by atoms with Crippen molar-refractivity contribution in [3.8, 4) is 16.9 Å². The van der Waals surface area contributed by atoms with E-state index in [2.05, 4.69) is 15.7 Å². The normalized spacial score (nSPS) is 11.3. The molecule has 0 aliphatic rings. The van der Waals surface area contributed by atoms with Gasteiger partial charge >= 0.3 is 12.2 Å². The van der Waals surface area contributed by atoms with Crippen molar-refractivity contribution in [1.82, 2.24) is 9.78 Å². The SMILES string of the molecule is O=C(Nc1cc(Cl)cc(Cl)c1)Nc1cc(-c2ccccc2)nn1-c1ccc(C(F)(F)F)cc1. The fourth-order valence-electron chi connectivity index (χ4n) is 3.11. The molecule has 1 heterocycles. The number of carbonyl (C=O) groups is 1. The molecular weight excluding hydrogens is 476 g/mol. The van der Waals surface area contributed by atoms with Crippen molar-refractivity contribution in [2.45, 2.75) is 6.18 Å². The van der Waals surface area contributed by atoms with E-state index in [1.807, 2.05) is 30.3 Å². The Bertz CT molecular complexity index is 1270. The number of rotatable bonds is 4. The summed E-state index contributed by atoms with van der Waals surface area (Å²) >= 11 is 11.9. The first-order valence-corrected chi connectivity index (χ1v) is 10.3. The molecule has 0 aliphatic carbocycles. The van der Waals surface area contributed by atoms with E-state index in [-0.39, 0.29) is 5.82 Å². The van der Waals surface area contributed by atoms with Crippen LogP contribution in [-0.4, -0.2) is 15.8 Å². The van der Waals surface area contributed by atoms with Crippen molar-refractivity contribution in [1.29, 1.82) is 0 Å². The summed E-state index contributed by atoms with van der Waals surface area (Å²) in [6, 6.07) is 19.2. The Morgan fingerprint density at radius 3 is 2.09 bits per heavy atom. The van der Waals surface area contributed by atoms with E-state index in [0.717, 1.165) is 17.7 Å². The summed E-state index contributed by atoms with van der Waals surface area (Å²) in [6.07, 6.45) is -4.46. The average molecular weight is 491 g/mol. The fourth-order valence-corrected chi connectivity index (χ4v) is 3.64. The molecule has 0 unspecified atom stereocenters. The largest absolute Gasteiger partial charge is 0.416 e. The van der Waals surface area contributed by atoms with E-state index in [0.29, 0.717) is 27.1 Å². The lowest BCUT2D eigenvalue weighted by molar-refractivity contribution is -0.137. The van der Waals surface area contributed by atoms with Crippen LogP contribution in [-0.2, 0) is 6.18 Å². The topological polar surface area (TPSA) is 59.0 Å². The maximum absolute atomic E-state index is 13.0. The molecule has 1 aromatic heterocycles. The zero-order valence-corrected chi connectivity index (χ0v) is 18.2. The van der Waals surface area contributed by atoms with E-state index in [4.69, 9.17) is 23.2 Å². The maximum atomic E-state index is 13.0. The number of alkyl halides is 3. The summed E-state index contributed by atoms with van der Waals surface area (Å²) in [5, 5.41) is 10.5. The van der Waals surface area contributed by atoms with Crippen LogP contribution >= 0.6 is 23.2 Å². The fraction of sp³-hybridized carbons (Fsp3) is 0.0435. The molecule has 5 nitrogen and oxygen atoms in total. The molecule has 0 saturated heterocycles. The van der Waals surface area contributed by atoms with Gasteiger partial charge < -0.3 is 5.32 Å². The number of carbonyl (C=O) groups excluding carboxylic acids is 1. The van der Waals surface area contributed by atoms with Crippen molar-refractivity contribution in [2.75, 3.05) is 10.6 Å². The van der Waals surface area contributed by atoms with Crippen LogP contribution in [0, 0.1) is 0 Å². The van der Waals surface area contributed by atoms with Gasteiger partial charge in [0, 0.05) is 27.4 Å². The van der Waals surface area contributed by atoms with Gasteiger partial charge in [-0.05, 0) is 42.5 Å². The van der Waals surface area contributed by atoms with Crippen molar-refractivity contribution in [2.24, 2.45) is 0 Å². The summed E-state index contributed by atoms with van der Waals surface area (Å²) in [4.78, 5) is 12.6. The first kappa shape index (κ1) is 22.7. The molecule has 2 amide bonds. The first-order valence-electron chi connectivity index (χ1n) is 9.56. The Kier molecular flexibility index (Phi) is 6.31. The minimum absolute atomic E-state index is 0.249. The highest BCUT2D eigenvalue weighted by Crippen LogP contribution is 2.31. The molecule has 0 fully saturated rings. The van der Waals surface area contributed by atoms with Crippen molar-refractivity contribution in [3.05, 3.63) is 94.5 Å². The van der Waals surface area contributed by atoms with Crippen molar-refractivity contribution >= 4 is 40.7 Å². The molecule has 0 saturated carbocycles. The number of nitrogens with zero attached hydrogens (tertiary/aromatic N) is 2. The molecule has 3 aromatic carbocycles. The van der Waals surface area contributed by atoms with Gasteiger partial charge in [-0.25, -0.2) is 9.48 Å². The Hall–Kier alpha value is -3.49. The highest BCUT2D eigenvalue weighted by Gasteiger charge is 2.30. The second kappa shape index (κ2) is 9.17. The number of nitrogens with one attached hydrogen (secondary N) is 2. The number of amides is 2. The molecule has 33 heavy (non-hydrogen) atoms. The Labute approximate surface area is 196 Å². The van der Waals surface area contributed by atoms with Crippen LogP contribution in [0.15, 0.2) is 78.9 Å². The molecule has 168 valence electrons. The van der Waals surface area contributed by atoms with E-state index in [1.54, 1.807) is 6.07 Å². The van der Waals surface area contributed by atoms with Gasteiger partial charge in [0.25, 0.3) is 0 Å². The molecule has 0 spiro atoms. The zero-order valence-electron chi connectivity index (χ0n) is 16.7. The molecule has 4 rings (SSSR count). The number of urea groups is 1. The molecule has 4 aromatic rings. The number of hydrogen-bond acceptors (Lipinski definition) is 2. The number of aromatic nitrogens is 2. The Balaban J connectivity index is 1.67. The summed E-state index contributed by atoms with van der Waals surface area (Å²) in [6.45, 7) is 0. The van der Waals surface area contributed by atoms with Crippen molar-refractivity contribution < 1.29 is 18.0 Å². The third kappa shape index (κ3) is 5.47. The zero-order chi connectivity index (χ0) is 23.6. The summed E-state index contributed by atoms with van der Waals surface area (Å²) in [5.41, 5.74) is 1.22. The molecule has 0 atom stereocenters. The molecule has 10 heteroatoms. The third-order valence-electron chi connectivity index (χ3n) is 4.58. The second-order valence-corrected chi connectivity index (χ2v) is 7.85. The van der Waals surface area contributed by atoms with E-state index >= 15 is 0 Å². The molecule has 0 bridgehead atoms. The quantitative estimate of drug-likeness (QED) is 0.311. The lowest BCUT2D eigenvalue weighted by Crippen LogP contribution is -2.21. The monoisotopic (exact) mass is 490 g/mol. The second-order valence-electron chi connectivity index (χ2n) is 6.97. The Morgan fingerprint density at radius 1 is 0.848 bits per heavy atom. The summed E-state index contributed by atoms with van der Waals surface area (Å²) < 4.78 is 40.2. The average Bonchev–Trinajstić information content (AvgIpc) is 3.16. The van der Waals surface area contributed by atoms with Crippen molar-refractivity contribution in [3.63, 3.8) is 0 Å². The van der Waals surface area contributed by atoms with Crippen LogP contribution in [0.25, 0.3) is 16.9 Å². The van der Waals surface area contributed by atoms with Crippen LogP contribution < -0.4 is 10.6 Å². The van der Waals surface area contributed by atoms with Crippen LogP contribution in [0.1, 0.15) is 5.56 Å². The third-order valence-corrected chi connectivity index (χ3v) is 5.02. The Morgan fingerprint density at radius 2 is 1.48 bits per heavy atom. The van der Waals surface area contributed by atoms with Crippen LogP contribution in [0.5, 0.6) is 0 Å². The minimum atomic E-state index is -4.46. The van der Waals surface area contributed by atoms with Gasteiger partial charge in [0.1, 0.15) is 5.82 Å². The lowest BCUT2D eigenvalue weighted by Gasteiger charge is -2.12. The van der Waals surface area contributed by atoms with Crippen LogP contribution in [0.4, 0.5) is 29.5 Å². The summed E-state index contributed by atoms with van der Waals surface area (Å²) in [5.74, 6) is 0.249. The van der Waals surface area contributed by atoms with E-state index < -0.39 is 17.8 Å². The highest BCUT2D eigenvalue weighted by atomic mass is 35.5. The first-order chi connectivity index (χ1) is 15.7. The lowest BCUT2D eigenvalue weighted by atomic mass is 10.2. The maximum Gasteiger partial charge on any atom is 0.416 e. The number of benzene rings is 3. The predicted molar refractivity (Wildman–Crippen MR) is 123 cm³/mol. The predicted octanol–water partition coefficient (Wildman–Crippen LogP) is 7.51. The van der Waals surface area contributed by atoms with Gasteiger partial charge in [0.05, 0.1) is 16.9 Å². The van der Waals surface area contributed by atoms with E-state index in [9.17, 15) is 18.0 Å². The number of anilines is 2. The molecule has 0 aliphatic heterocycles. The molecule has 0 radical (unpaired) electrons. The number of hydrogen-bond donors (Lipinski definition) is 2. The summed E-state index contributed by atoms with van der Waals surface area (Å²) in [7, 11) is 0. The standard InChI is InChI=1S/C23H15Cl2F3N4O/c24-16-10-17(25)12-18(11-16)29-22(33)30-21-13-20(14-4-2-1-3-5-14)31-32(21)19-8-6-15(7-9-19)23(26,27)28/h1-13H,(H2,29,30,33). The van der Waals surface area contributed by atoms with Gasteiger partial charge in [-0.1, -0.05) is 53.5 Å². The smallest absolute Gasteiger partial charge is 0.308 e. The van der Waals surface area contributed by atoms with E-state index in [1.165, 1.54) is 35.0 Å². The molecular formula is C23H15Cl2F3N4O. The van der Waals surface area contributed by atoms with Gasteiger partial charge in [0.15, 0.2) is 0 Å². The van der Waals surface area contributed by atoms with Gasteiger partial charge in [0.2, 0.25) is 0 Å². The van der Waals surface area contributed by atoms with Gasteiger partial charge in [-0.15, -0.1) is 0 Å². The highest BCUT2D eigenvalue weighted by molar-refractivity contribution is 6.35. The van der Waals surface area contributed by atoms with Gasteiger partial charge in [-0.2, -0.15) is 18.3 Å². The minimum Gasteiger partial charge on any atom is -0.308 e. The van der Waals surface area contributed by atoms with Crippen LogP contribution in [0.2, 0.25) is 10.0 Å². The molecule has 2 N–H and O–H groups in total.